The molecule has 0 spiro atoms. The van der Waals surface area contributed by atoms with Crippen molar-refractivity contribution in [2.45, 2.75) is 18.0 Å². The van der Waals surface area contributed by atoms with Crippen LogP contribution in [0.5, 0.6) is 0 Å². The largest absolute Gasteiger partial charge is 0.308 e. The average Bonchev–Trinajstić information content (AvgIpc) is 3.13. The van der Waals surface area contributed by atoms with Crippen molar-refractivity contribution in [1.82, 2.24) is 9.29 Å². The number of fused-ring (bicyclic) bond motifs is 2. The molecule has 0 saturated carbocycles. The zero-order valence-electron chi connectivity index (χ0n) is 17.4. The summed E-state index contributed by atoms with van der Waals surface area (Å²) in [7, 11) is -3.76. The number of hydrogen-bond donors (Lipinski definition) is 1. The van der Waals surface area contributed by atoms with Gasteiger partial charge in [-0.2, -0.15) is 0 Å². The van der Waals surface area contributed by atoms with Crippen LogP contribution in [-0.4, -0.2) is 13.0 Å². The standard InChI is InChI=1S/C25H19ClN2O3S2/c26-20-10-8-17(9-11-20)16-28-23-13-12-21(14-24(23)32-25(28)29)33(30,31)27-15-19-6-3-5-18-4-1-2-7-22(18)19/h1-14,27H,15-16H2. The van der Waals surface area contributed by atoms with E-state index in [4.69, 9.17) is 11.6 Å². The Bertz CT molecular complexity index is 1630. The number of nitrogens with one attached hydrogen (secondary N) is 1. The summed E-state index contributed by atoms with van der Waals surface area (Å²) in [6, 6.07) is 25.8. The molecule has 33 heavy (non-hydrogen) atoms. The van der Waals surface area contributed by atoms with Crippen LogP contribution in [0.25, 0.3) is 21.0 Å². The predicted molar refractivity (Wildman–Crippen MR) is 135 cm³/mol. The van der Waals surface area contributed by atoms with Gasteiger partial charge >= 0.3 is 4.87 Å². The maximum Gasteiger partial charge on any atom is 0.308 e. The molecule has 0 bridgehead atoms. The zero-order chi connectivity index (χ0) is 23.0. The van der Waals surface area contributed by atoms with E-state index in [9.17, 15) is 13.2 Å². The number of halogens is 1. The van der Waals surface area contributed by atoms with Crippen molar-refractivity contribution in [2.24, 2.45) is 0 Å². The highest BCUT2D eigenvalue weighted by Gasteiger charge is 2.17. The molecule has 5 nitrogen and oxygen atoms in total. The summed E-state index contributed by atoms with van der Waals surface area (Å²) in [4.78, 5) is 12.6. The summed E-state index contributed by atoms with van der Waals surface area (Å²) in [6.45, 7) is 0.566. The molecule has 5 rings (SSSR count). The van der Waals surface area contributed by atoms with Gasteiger partial charge in [-0.25, -0.2) is 13.1 Å². The van der Waals surface area contributed by atoms with Gasteiger partial charge in [0.25, 0.3) is 0 Å². The molecule has 166 valence electrons. The van der Waals surface area contributed by atoms with Gasteiger partial charge in [-0.05, 0) is 52.2 Å². The fourth-order valence-electron chi connectivity index (χ4n) is 3.84. The number of benzene rings is 4. The van der Waals surface area contributed by atoms with Crippen LogP contribution in [0.1, 0.15) is 11.1 Å². The van der Waals surface area contributed by atoms with Gasteiger partial charge < -0.3 is 0 Å². The minimum absolute atomic E-state index is 0.134. The van der Waals surface area contributed by atoms with Crippen molar-refractivity contribution in [2.75, 3.05) is 0 Å². The fraction of sp³-hybridized carbons (Fsp3) is 0.0800. The van der Waals surface area contributed by atoms with Crippen LogP contribution in [0.2, 0.25) is 5.02 Å². The van der Waals surface area contributed by atoms with E-state index in [0.717, 1.165) is 33.2 Å². The van der Waals surface area contributed by atoms with Crippen LogP contribution < -0.4 is 9.60 Å². The summed E-state index contributed by atoms with van der Waals surface area (Å²) in [5.74, 6) is 0. The van der Waals surface area contributed by atoms with Crippen LogP contribution in [0.15, 0.2) is 94.6 Å². The molecule has 0 saturated heterocycles. The molecule has 0 unspecified atom stereocenters. The lowest BCUT2D eigenvalue weighted by Crippen LogP contribution is -2.23. The predicted octanol–water partition coefficient (Wildman–Crippen LogP) is 5.40. The number of sulfonamides is 1. The molecule has 4 aromatic carbocycles. The Morgan fingerprint density at radius 2 is 1.67 bits per heavy atom. The van der Waals surface area contributed by atoms with E-state index in [1.54, 1.807) is 28.8 Å². The fourth-order valence-corrected chi connectivity index (χ4v) is 6.00. The smallest absolute Gasteiger partial charge is 0.294 e. The SMILES string of the molecule is O=c1sc2cc(S(=O)(=O)NCc3cccc4ccccc34)ccc2n1Cc1ccc(Cl)cc1. The Morgan fingerprint density at radius 1 is 0.909 bits per heavy atom. The Morgan fingerprint density at radius 3 is 2.48 bits per heavy atom. The molecule has 0 amide bonds. The highest BCUT2D eigenvalue weighted by Crippen LogP contribution is 2.24. The van der Waals surface area contributed by atoms with Crippen LogP contribution in [-0.2, 0) is 23.1 Å². The zero-order valence-corrected chi connectivity index (χ0v) is 19.8. The molecule has 5 aromatic rings. The number of nitrogens with zero attached hydrogens (tertiary/aromatic N) is 1. The van der Waals surface area contributed by atoms with Crippen molar-refractivity contribution < 1.29 is 8.42 Å². The molecular weight excluding hydrogens is 476 g/mol. The van der Waals surface area contributed by atoms with E-state index >= 15 is 0 Å². The van der Waals surface area contributed by atoms with Gasteiger partial charge in [0.05, 0.1) is 21.7 Å². The topological polar surface area (TPSA) is 68.2 Å². The molecule has 0 aliphatic heterocycles. The molecular formula is C25H19ClN2O3S2. The normalized spacial score (nSPS) is 11.9. The van der Waals surface area contributed by atoms with Crippen LogP contribution in [0, 0.1) is 0 Å². The van der Waals surface area contributed by atoms with Gasteiger partial charge in [-0.15, -0.1) is 0 Å². The summed E-state index contributed by atoms with van der Waals surface area (Å²) in [6.07, 6.45) is 0. The van der Waals surface area contributed by atoms with Crippen molar-refractivity contribution in [3.63, 3.8) is 0 Å². The lowest BCUT2D eigenvalue weighted by atomic mass is 10.1. The Kier molecular flexibility index (Phi) is 5.80. The van der Waals surface area contributed by atoms with Gasteiger partial charge in [0.1, 0.15) is 0 Å². The summed E-state index contributed by atoms with van der Waals surface area (Å²) in [5, 5.41) is 2.70. The van der Waals surface area contributed by atoms with Crippen molar-refractivity contribution in [1.29, 1.82) is 0 Å². The van der Waals surface area contributed by atoms with Gasteiger partial charge in [0, 0.05) is 11.6 Å². The third kappa shape index (κ3) is 4.45. The molecule has 0 radical (unpaired) electrons. The number of aromatic nitrogens is 1. The maximum atomic E-state index is 13.0. The Balaban J connectivity index is 1.42. The van der Waals surface area contributed by atoms with Crippen molar-refractivity contribution in [3.05, 3.63) is 111 Å². The van der Waals surface area contributed by atoms with Gasteiger partial charge in [-0.3, -0.25) is 9.36 Å². The summed E-state index contributed by atoms with van der Waals surface area (Å²) >= 11 is 6.98. The highest BCUT2D eigenvalue weighted by atomic mass is 35.5. The van der Waals surface area contributed by atoms with Crippen LogP contribution >= 0.6 is 22.9 Å². The first kappa shape index (κ1) is 21.9. The second-order valence-electron chi connectivity index (χ2n) is 7.67. The Hall–Kier alpha value is -2.97. The lowest BCUT2D eigenvalue weighted by molar-refractivity contribution is 0.581. The first-order valence-corrected chi connectivity index (χ1v) is 12.9. The van der Waals surface area contributed by atoms with E-state index in [1.807, 2.05) is 54.6 Å². The van der Waals surface area contributed by atoms with E-state index in [1.165, 1.54) is 6.07 Å². The molecule has 1 heterocycles. The number of hydrogen-bond acceptors (Lipinski definition) is 4. The second kappa shape index (κ2) is 8.76. The molecule has 0 fully saturated rings. The molecule has 0 atom stereocenters. The summed E-state index contributed by atoms with van der Waals surface area (Å²) in [5.41, 5.74) is 2.54. The first-order chi connectivity index (χ1) is 15.9. The van der Waals surface area contributed by atoms with E-state index < -0.39 is 10.0 Å². The van der Waals surface area contributed by atoms with E-state index in [-0.39, 0.29) is 16.3 Å². The summed E-state index contributed by atoms with van der Waals surface area (Å²) < 4.78 is 31.0. The minimum atomic E-state index is -3.76. The molecule has 0 aliphatic carbocycles. The molecule has 1 N–H and O–H groups in total. The van der Waals surface area contributed by atoms with Gasteiger partial charge in [0.2, 0.25) is 10.0 Å². The van der Waals surface area contributed by atoms with Crippen LogP contribution in [0.4, 0.5) is 0 Å². The third-order valence-corrected chi connectivity index (χ3v) is 8.13. The third-order valence-electron chi connectivity index (χ3n) is 5.54. The average molecular weight is 495 g/mol. The first-order valence-electron chi connectivity index (χ1n) is 10.2. The minimum Gasteiger partial charge on any atom is -0.294 e. The van der Waals surface area contributed by atoms with Crippen molar-refractivity contribution >= 4 is 54.0 Å². The highest BCUT2D eigenvalue weighted by molar-refractivity contribution is 7.89. The molecule has 1 aromatic heterocycles. The quantitative estimate of drug-likeness (QED) is 0.344. The van der Waals surface area contributed by atoms with Gasteiger partial charge in [-0.1, -0.05) is 77.5 Å². The Labute approximate surface area is 199 Å². The lowest BCUT2D eigenvalue weighted by Gasteiger charge is -2.10. The second-order valence-corrected chi connectivity index (χ2v) is 10.9. The number of thiazole rings is 1. The van der Waals surface area contributed by atoms with Gasteiger partial charge in [0.15, 0.2) is 0 Å². The molecule has 8 heteroatoms. The monoisotopic (exact) mass is 494 g/mol. The maximum absolute atomic E-state index is 13.0. The van der Waals surface area contributed by atoms with Crippen molar-refractivity contribution in [3.8, 4) is 0 Å². The van der Waals surface area contributed by atoms with Crippen LogP contribution in [0.3, 0.4) is 0 Å². The number of rotatable bonds is 6. The van der Waals surface area contributed by atoms with E-state index in [2.05, 4.69) is 4.72 Å². The molecule has 0 aliphatic rings. The van der Waals surface area contributed by atoms with E-state index in [0.29, 0.717) is 21.8 Å².